The third kappa shape index (κ3) is 1.78. The van der Waals surface area contributed by atoms with E-state index < -0.39 is 4.92 Å². The standard InChI is InChI=1S/C9H9NO2S/c11-10(12)5-4-8-6-7-2-1-3-9(7)13-8/h4-6H,1-3H2/b5-4+. The summed E-state index contributed by atoms with van der Waals surface area (Å²) in [6.45, 7) is 0. The Morgan fingerprint density at radius 2 is 2.38 bits per heavy atom. The van der Waals surface area contributed by atoms with Crippen LogP contribution in [-0.2, 0) is 12.8 Å². The van der Waals surface area contributed by atoms with Crippen LogP contribution in [0.1, 0.15) is 21.7 Å². The zero-order chi connectivity index (χ0) is 9.26. The van der Waals surface area contributed by atoms with Gasteiger partial charge in [-0.15, -0.1) is 11.3 Å². The number of hydrogen-bond acceptors (Lipinski definition) is 3. The molecule has 4 heteroatoms. The van der Waals surface area contributed by atoms with Gasteiger partial charge in [0.15, 0.2) is 0 Å². The highest BCUT2D eigenvalue weighted by Crippen LogP contribution is 2.31. The lowest BCUT2D eigenvalue weighted by atomic mass is 10.2. The lowest BCUT2D eigenvalue weighted by molar-refractivity contribution is -0.400. The number of thiophene rings is 1. The molecule has 1 aromatic heterocycles. The topological polar surface area (TPSA) is 43.1 Å². The molecule has 0 N–H and O–H groups in total. The molecule has 1 aromatic rings. The van der Waals surface area contributed by atoms with E-state index in [9.17, 15) is 10.1 Å². The Bertz CT molecular complexity index is 346. The van der Waals surface area contributed by atoms with E-state index in [-0.39, 0.29) is 0 Å². The van der Waals surface area contributed by atoms with E-state index in [4.69, 9.17) is 0 Å². The SMILES string of the molecule is O=[N+]([O-])/C=C/c1cc2c(s1)CCC2. The Balaban J connectivity index is 2.19. The minimum Gasteiger partial charge on any atom is -0.259 e. The third-order valence-electron chi connectivity index (χ3n) is 2.13. The van der Waals surface area contributed by atoms with E-state index >= 15 is 0 Å². The van der Waals surface area contributed by atoms with E-state index in [0.717, 1.165) is 23.9 Å². The summed E-state index contributed by atoms with van der Waals surface area (Å²) in [6.07, 6.45) is 6.09. The molecule has 0 fully saturated rings. The molecule has 1 aliphatic rings. The molecule has 3 nitrogen and oxygen atoms in total. The van der Waals surface area contributed by atoms with E-state index in [1.54, 1.807) is 17.4 Å². The number of nitro groups is 1. The Kier molecular flexibility index (Phi) is 2.14. The number of nitrogens with zero attached hydrogens (tertiary/aromatic N) is 1. The molecular formula is C9H9NO2S. The fraction of sp³-hybridized carbons (Fsp3) is 0.333. The maximum Gasteiger partial charge on any atom is 0.235 e. The Hall–Kier alpha value is -1.16. The van der Waals surface area contributed by atoms with Crippen molar-refractivity contribution < 1.29 is 4.92 Å². The lowest BCUT2D eigenvalue weighted by Crippen LogP contribution is -1.80. The summed E-state index contributed by atoms with van der Waals surface area (Å²) < 4.78 is 0. The molecule has 0 amide bonds. The Morgan fingerprint density at radius 1 is 1.54 bits per heavy atom. The molecule has 0 bridgehead atoms. The highest BCUT2D eigenvalue weighted by molar-refractivity contribution is 7.13. The van der Waals surface area contributed by atoms with Crippen molar-refractivity contribution >= 4 is 17.4 Å². The van der Waals surface area contributed by atoms with Gasteiger partial charge >= 0.3 is 0 Å². The molecule has 0 spiro atoms. The first-order chi connectivity index (χ1) is 6.25. The normalized spacial score (nSPS) is 15.1. The second kappa shape index (κ2) is 3.30. The van der Waals surface area contributed by atoms with Crippen LogP contribution in [0.4, 0.5) is 0 Å². The number of hydrogen-bond donors (Lipinski definition) is 0. The largest absolute Gasteiger partial charge is 0.259 e. The fourth-order valence-electron chi connectivity index (χ4n) is 1.57. The van der Waals surface area contributed by atoms with Crippen LogP contribution in [0.5, 0.6) is 0 Å². The van der Waals surface area contributed by atoms with Gasteiger partial charge in [-0.1, -0.05) is 0 Å². The molecule has 0 atom stereocenters. The van der Waals surface area contributed by atoms with Crippen LogP contribution in [0.2, 0.25) is 0 Å². The van der Waals surface area contributed by atoms with Crippen LogP contribution in [0.15, 0.2) is 12.3 Å². The summed E-state index contributed by atoms with van der Waals surface area (Å²) in [5.41, 5.74) is 1.38. The van der Waals surface area contributed by atoms with Gasteiger partial charge in [-0.3, -0.25) is 10.1 Å². The lowest BCUT2D eigenvalue weighted by Gasteiger charge is -1.83. The highest BCUT2D eigenvalue weighted by Gasteiger charge is 2.13. The minimum absolute atomic E-state index is 0.426. The van der Waals surface area contributed by atoms with E-state index in [1.165, 1.54) is 16.9 Å². The minimum atomic E-state index is -0.426. The highest BCUT2D eigenvalue weighted by atomic mass is 32.1. The molecule has 0 saturated carbocycles. The second-order valence-electron chi connectivity index (χ2n) is 3.05. The monoisotopic (exact) mass is 195 g/mol. The van der Waals surface area contributed by atoms with Gasteiger partial charge in [0.25, 0.3) is 0 Å². The number of fused-ring (bicyclic) bond motifs is 1. The molecule has 68 valence electrons. The molecule has 0 aliphatic heterocycles. The van der Waals surface area contributed by atoms with Gasteiger partial charge in [0.1, 0.15) is 0 Å². The van der Waals surface area contributed by atoms with Crippen LogP contribution in [0.25, 0.3) is 6.08 Å². The zero-order valence-electron chi connectivity index (χ0n) is 7.03. The van der Waals surface area contributed by atoms with E-state index in [2.05, 4.69) is 6.07 Å². The average molecular weight is 195 g/mol. The van der Waals surface area contributed by atoms with Crippen LogP contribution in [0.3, 0.4) is 0 Å². The predicted molar refractivity (Wildman–Crippen MR) is 52.4 cm³/mol. The summed E-state index contributed by atoms with van der Waals surface area (Å²) in [5.74, 6) is 0. The first-order valence-electron chi connectivity index (χ1n) is 4.19. The van der Waals surface area contributed by atoms with Crippen LogP contribution >= 0.6 is 11.3 Å². The summed E-state index contributed by atoms with van der Waals surface area (Å²) in [4.78, 5) is 12.1. The third-order valence-corrected chi connectivity index (χ3v) is 3.33. The van der Waals surface area contributed by atoms with Crippen LogP contribution < -0.4 is 0 Å². The molecular weight excluding hydrogens is 186 g/mol. The van der Waals surface area contributed by atoms with Crippen molar-refractivity contribution in [3.8, 4) is 0 Å². The predicted octanol–water partition coefficient (Wildman–Crippen LogP) is 2.48. The van der Waals surface area contributed by atoms with Crippen molar-refractivity contribution in [2.75, 3.05) is 0 Å². The number of aryl methyl sites for hydroxylation is 2. The summed E-state index contributed by atoms with van der Waals surface area (Å²) in [5, 5.41) is 10.1. The smallest absolute Gasteiger partial charge is 0.235 e. The van der Waals surface area contributed by atoms with Crippen LogP contribution in [0, 0.1) is 10.1 Å². The van der Waals surface area contributed by atoms with Crippen molar-refractivity contribution in [1.82, 2.24) is 0 Å². The molecule has 0 unspecified atom stereocenters. The zero-order valence-corrected chi connectivity index (χ0v) is 7.84. The van der Waals surface area contributed by atoms with Gasteiger partial charge in [-0.25, -0.2) is 0 Å². The van der Waals surface area contributed by atoms with Gasteiger partial charge in [0, 0.05) is 15.8 Å². The Labute approximate surface area is 79.9 Å². The van der Waals surface area contributed by atoms with E-state index in [0.29, 0.717) is 0 Å². The molecule has 2 rings (SSSR count). The van der Waals surface area contributed by atoms with Crippen molar-refractivity contribution in [2.24, 2.45) is 0 Å². The first-order valence-corrected chi connectivity index (χ1v) is 5.00. The van der Waals surface area contributed by atoms with Gasteiger partial charge in [-0.2, -0.15) is 0 Å². The molecule has 0 saturated heterocycles. The second-order valence-corrected chi connectivity index (χ2v) is 4.22. The van der Waals surface area contributed by atoms with Gasteiger partial charge in [-0.05, 0) is 30.9 Å². The van der Waals surface area contributed by atoms with Gasteiger partial charge < -0.3 is 0 Å². The van der Waals surface area contributed by atoms with Crippen molar-refractivity contribution in [3.05, 3.63) is 37.7 Å². The Morgan fingerprint density at radius 3 is 3.08 bits per heavy atom. The van der Waals surface area contributed by atoms with Gasteiger partial charge in [0.2, 0.25) is 6.20 Å². The average Bonchev–Trinajstić information content (AvgIpc) is 2.58. The van der Waals surface area contributed by atoms with E-state index in [1.807, 2.05) is 0 Å². The molecule has 1 aliphatic carbocycles. The van der Waals surface area contributed by atoms with Crippen molar-refractivity contribution in [3.63, 3.8) is 0 Å². The molecule has 1 heterocycles. The number of rotatable bonds is 2. The van der Waals surface area contributed by atoms with Crippen molar-refractivity contribution in [1.29, 1.82) is 0 Å². The first kappa shape index (κ1) is 8.44. The summed E-state index contributed by atoms with van der Waals surface area (Å²) in [7, 11) is 0. The molecule has 13 heavy (non-hydrogen) atoms. The quantitative estimate of drug-likeness (QED) is 0.537. The van der Waals surface area contributed by atoms with Crippen LogP contribution in [-0.4, -0.2) is 4.92 Å². The fourth-order valence-corrected chi connectivity index (χ4v) is 2.72. The van der Waals surface area contributed by atoms with Crippen molar-refractivity contribution in [2.45, 2.75) is 19.3 Å². The molecule has 0 aromatic carbocycles. The maximum atomic E-state index is 10.1. The molecule has 0 radical (unpaired) electrons. The summed E-state index contributed by atoms with van der Waals surface area (Å²) >= 11 is 1.67. The summed E-state index contributed by atoms with van der Waals surface area (Å²) in [6, 6.07) is 2.06. The van der Waals surface area contributed by atoms with Gasteiger partial charge in [0.05, 0.1) is 4.92 Å². The maximum absolute atomic E-state index is 10.1.